The lowest BCUT2D eigenvalue weighted by molar-refractivity contribution is -0.148. The molecule has 0 radical (unpaired) electrons. The van der Waals surface area contributed by atoms with Gasteiger partial charge in [0.15, 0.2) is 11.6 Å². The summed E-state index contributed by atoms with van der Waals surface area (Å²) in [5, 5.41) is 0. The summed E-state index contributed by atoms with van der Waals surface area (Å²) in [6.45, 7) is 0.0365. The average Bonchev–Trinajstić information content (AvgIpc) is 2.60. The number of likely N-dealkylation sites (tertiary alicyclic amines) is 1. The molecule has 0 unspecified atom stereocenters. The van der Waals surface area contributed by atoms with Crippen molar-refractivity contribution in [3.05, 3.63) is 29.8 Å². The number of carbonyl (C=O) groups excluding carboxylic acids is 2. The number of hydrogen-bond acceptors (Lipinski definition) is 5. The van der Waals surface area contributed by atoms with Gasteiger partial charge >= 0.3 is 5.97 Å². The number of anilines is 1. The summed E-state index contributed by atoms with van der Waals surface area (Å²) in [4.78, 5) is 25.4. The average molecular weight is 390 g/mol. The van der Waals surface area contributed by atoms with Crippen molar-refractivity contribution >= 4 is 27.6 Å². The van der Waals surface area contributed by atoms with Crippen LogP contribution in [0.3, 0.4) is 0 Å². The van der Waals surface area contributed by atoms with E-state index in [-0.39, 0.29) is 30.7 Å². The molecule has 0 aliphatic carbocycles. The second kappa shape index (κ2) is 7.98. The van der Waals surface area contributed by atoms with Gasteiger partial charge < -0.3 is 9.64 Å². The molecule has 1 aromatic rings. The number of carbonyl (C=O) groups is 2. The summed E-state index contributed by atoms with van der Waals surface area (Å²) in [5.41, 5.74) is -0.135. The number of hydrogen-bond donors (Lipinski definition) is 0. The van der Waals surface area contributed by atoms with Crippen LogP contribution < -0.4 is 4.31 Å². The standard InChI is InChI=1S/C16H20F2N2O5S/c1-25-16(22)11-5-7-19(8-6-11)15(21)10-20(26(2,23)24)12-3-4-13(17)14(18)9-12/h3-4,9,11H,5-8,10H2,1-2H3. The maximum Gasteiger partial charge on any atom is 0.308 e. The van der Waals surface area contributed by atoms with Crippen LogP contribution >= 0.6 is 0 Å². The van der Waals surface area contributed by atoms with Gasteiger partial charge in [0.1, 0.15) is 6.54 Å². The molecule has 1 aliphatic rings. The van der Waals surface area contributed by atoms with E-state index < -0.39 is 34.1 Å². The summed E-state index contributed by atoms with van der Waals surface area (Å²) >= 11 is 0. The number of piperidine rings is 1. The third kappa shape index (κ3) is 4.69. The molecule has 1 heterocycles. The number of rotatable bonds is 5. The zero-order valence-electron chi connectivity index (χ0n) is 14.4. The third-order valence-electron chi connectivity index (χ3n) is 4.25. The van der Waals surface area contributed by atoms with E-state index in [9.17, 15) is 26.8 Å². The Morgan fingerprint density at radius 2 is 1.85 bits per heavy atom. The molecule has 1 amide bonds. The molecule has 0 saturated carbocycles. The van der Waals surface area contributed by atoms with E-state index in [1.165, 1.54) is 12.0 Å². The van der Waals surface area contributed by atoms with Crippen LogP contribution in [0.25, 0.3) is 0 Å². The van der Waals surface area contributed by atoms with Crippen molar-refractivity contribution in [3.63, 3.8) is 0 Å². The molecule has 0 bridgehead atoms. The first-order valence-corrected chi connectivity index (χ1v) is 9.76. The Morgan fingerprint density at radius 3 is 2.35 bits per heavy atom. The maximum atomic E-state index is 13.4. The first-order chi connectivity index (χ1) is 12.1. The van der Waals surface area contributed by atoms with E-state index in [0.717, 1.165) is 28.8 Å². The van der Waals surface area contributed by atoms with Crippen molar-refractivity contribution < 1.29 is 31.5 Å². The Balaban J connectivity index is 2.11. The SMILES string of the molecule is COC(=O)C1CCN(C(=O)CN(c2ccc(F)c(F)c2)S(C)(=O)=O)CC1. The summed E-state index contributed by atoms with van der Waals surface area (Å²) < 4.78 is 55.9. The number of sulfonamides is 1. The van der Waals surface area contributed by atoms with E-state index in [4.69, 9.17) is 0 Å². The minimum atomic E-state index is -3.89. The van der Waals surface area contributed by atoms with Crippen molar-refractivity contribution in [2.75, 3.05) is 37.3 Å². The molecule has 1 fully saturated rings. The van der Waals surface area contributed by atoms with Crippen LogP contribution in [0, 0.1) is 17.6 Å². The highest BCUT2D eigenvalue weighted by molar-refractivity contribution is 7.92. The molecule has 1 saturated heterocycles. The zero-order chi connectivity index (χ0) is 19.5. The molecule has 26 heavy (non-hydrogen) atoms. The third-order valence-corrected chi connectivity index (χ3v) is 5.39. The van der Waals surface area contributed by atoms with Crippen LogP contribution in [-0.4, -0.2) is 58.2 Å². The number of halogens is 2. The van der Waals surface area contributed by atoms with Crippen molar-refractivity contribution in [1.29, 1.82) is 0 Å². The van der Waals surface area contributed by atoms with E-state index in [2.05, 4.69) is 4.74 Å². The number of amides is 1. The van der Waals surface area contributed by atoms with E-state index in [0.29, 0.717) is 12.8 Å². The van der Waals surface area contributed by atoms with Crippen LogP contribution in [-0.2, 0) is 24.3 Å². The molecule has 1 aliphatic heterocycles. The highest BCUT2D eigenvalue weighted by atomic mass is 32.2. The second-order valence-electron chi connectivity index (χ2n) is 6.05. The highest BCUT2D eigenvalue weighted by Gasteiger charge is 2.30. The summed E-state index contributed by atoms with van der Waals surface area (Å²) in [7, 11) is -2.59. The summed E-state index contributed by atoms with van der Waals surface area (Å²) in [5.74, 6) is -3.43. The fourth-order valence-corrected chi connectivity index (χ4v) is 3.64. The van der Waals surface area contributed by atoms with Gasteiger partial charge in [-0.15, -0.1) is 0 Å². The van der Waals surface area contributed by atoms with Crippen LogP contribution in [0.2, 0.25) is 0 Å². The lowest BCUT2D eigenvalue weighted by Crippen LogP contribution is -2.46. The maximum absolute atomic E-state index is 13.4. The number of nitrogens with zero attached hydrogens (tertiary/aromatic N) is 2. The van der Waals surface area contributed by atoms with Crippen LogP contribution in [0.4, 0.5) is 14.5 Å². The van der Waals surface area contributed by atoms with Crippen LogP contribution in [0.1, 0.15) is 12.8 Å². The predicted octanol–water partition coefficient (Wildman–Crippen LogP) is 1.14. The van der Waals surface area contributed by atoms with Crippen molar-refractivity contribution in [2.45, 2.75) is 12.8 Å². The van der Waals surface area contributed by atoms with E-state index >= 15 is 0 Å². The Hall–Kier alpha value is -2.23. The molecule has 144 valence electrons. The first-order valence-electron chi connectivity index (χ1n) is 7.92. The predicted molar refractivity (Wildman–Crippen MR) is 89.9 cm³/mol. The molecular formula is C16H20F2N2O5S. The lowest BCUT2D eigenvalue weighted by Gasteiger charge is -2.32. The van der Waals surface area contributed by atoms with Gasteiger partial charge in [-0.25, -0.2) is 17.2 Å². The van der Waals surface area contributed by atoms with Crippen LogP contribution in [0.5, 0.6) is 0 Å². The molecule has 0 N–H and O–H groups in total. The molecule has 2 rings (SSSR count). The van der Waals surface area contributed by atoms with Gasteiger partial charge in [0.05, 0.1) is 25.0 Å². The Kier molecular flexibility index (Phi) is 6.17. The molecule has 10 heteroatoms. The van der Waals surface area contributed by atoms with Gasteiger partial charge in [0, 0.05) is 19.2 Å². The van der Waals surface area contributed by atoms with E-state index in [1.807, 2.05) is 0 Å². The zero-order valence-corrected chi connectivity index (χ0v) is 15.3. The second-order valence-corrected chi connectivity index (χ2v) is 7.95. The Morgan fingerprint density at radius 1 is 1.23 bits per heavy atom. The normalized spacial score (nSPS) is 15.6. The van der Waals surface area contributed by atoms with Gasteiger partial charge in [0.2, 0.25) is 15.9 Å². The smallest absolute Gasteiger partial charge is 0.308 e. The molecule has 1 aromatic carbocycles. The largest absolute Gasteiger partial charge is 0.469 e. The fourth-order valence-electron chi connectivity index (χ4n) is 2.79. The quantitative estimate of drug-likeness (QED) is 0.704. The minimum Gasteiger partial charge on any atom is -0.469 e. The molecule has 0 aromatic heterocycles. The summed E-state index contributed by atoms with van der Waals surface area (Å²) in [6.07, 6.45) is 1.72. The number of ether oxygens (including phenoxy) is 1. The van der Waals surface area contributed by atoms with Gasteiger partial charge in [-0.2, -0.15) is 0 Å². The number of benzene rings is 1. The molecular weight excluding hydrogens is 370 g/mol. The van der Waals surface area contributed by atoms with Gasteiger partial charge in [0.25, 0.3) is 0 Å². The molecule has 0 spiro atoms. The Labute approximate surface area is 150 Å². The lowest BCUT2D eigenvalue weighted by atomic mass is 9.97. The minimum absolute atomic E-state index is 0.135. The fraction of sp³-hybridized carbons (Fsp3) is 0.500. The molecule has 0 atom stereocenters. The van der Waals surface area contributed by atoms with Crippen LogP contribution in [0.15, 0.2) is 18.2 Å². The summed E-state index contributed by atoms with van der Waals surface area (Å²) in [6, 6.07) is 2.62. The highest BCUT2D eigenvalue weighted by Crippen LogP contribution is 2.22. The first kappa shape index (κ1) is 20.1. The monoisotopic (exact) mass is 390 g/mol. The van der Waals surface area contributed by atoms with Crippen molar-refractivity contribution in [1.82, 2.24) is 4.90 Å². The topological polar surface area (TPSA) is 84.0 Å². The van der Waals surface area contributed by atoms with E-state index in [1.54, 1.807) is 0 Å². The van der Waals surface area contributed by atoms with Gasteiger partial charge in [-0.1, -0.05) is 0 Å². The van der Waals surface area contributed by atoms with Crippen molar-refractivity contribution in [3.8, 4) is 0 Å². The molecule has 7 nitrogen and oxygen atoms in total. The van der Waals surface area contributed by atoms with Gasteiger partial charge in [-0.05, 0) is 25.0 Å². The number of esters is 1. The van der Waals surface area contributed by atoms with Gasteiger partial charge in [-0.3, -0.25) is 13.9 Å². The van der Waals surface area contributed by atoms with Crippen molar-refractivity contribution in [2.24, 2.45) is 5.92 Å². The number of methoxy groups -OCH3 is 1. The Bertz CT molecular complexity index is 792.